The van der Waals surface area contributed by atoms with Crippen LogP contribution in [0.4, 0.5) is 0 Å². The van der Waals surface area contributed by atoms with E-state index in [1.165, 1.54) is 25.7 Å². The highest BCUT2D eigenvalue weighted by Crippen LogP contribution is 2.39. The van der Waals surface area contributed by atoms with Crippen LogP contribution in [-0.2, 0) is 4.74 Å². The molecule has 0 N–H and O–H groups in total. The zero-order chi connectivity index (χ0) is 11.7. The van der Waals surface area contributed by atoms with Gasteiger partial charge in [0.15, 0.2) is 0 Å². The molecule has 0 bridgehead atoms. The topological polar surface area (TPSA) is 35.0 Å². The summed E-state index contributed by atoms with van der Waals surface area (Å²) in [5, 5.41) is 1.07. The molecule has 2 heterocycles. The van der Waals surface area contributed by atoms with E-state index in [-0.39, 0.29) is 0 Å². The quantitative estimate of drug-likeness (QED) is 0.630. The lowest BCUT2D eigenvalue weighted by Crippen LogP contribution is -2.08. The van der Waals surface area contributed by atoms with Gasteiger partial charge in [-0.3, -0.25) is 0 Å². The van der Waals surface area contributed by atoms with Crippen molar-refractivity contribution < 1.29 is 4.74 Å². The monoisotopic (exact) mass is 314 g/mol. The van der Waals surface area contributed by atoms with Crippen molar-refractivity contribution in [3.8, 4) is 0 Å². The van der Waals surface area contributed by atoms with Crippen molar-refractivity contribution in [3.05, 3.63) is 16.5 Å². The Morgan fingerprint density at radius 3 is 2.94 bits per heavy atom. The van der Waals surface area contributed by atoms with Crippen LogP contribution in [-0.4, -0.2) is 28.4 Å². The van der Waals surface area contributed by atoms with E-state index in [0.29, 0.717) is 12.0 Å². The fourth-order valence-electron chi connectivity index (χ4n) is 1.97. The second-order valence-corrected chi connectivity index (χ2v) is 6.46. The number of hydrogen-bond acceptors (Lipinski definition) is 4. The van der Waals surface area contributed by atoms with Crippen molar-refractivity contribution in [2.75, 3.05) is 12.4 Å². The summed E-state index contributed by atoms with van der Waals surface area (Å²) in [7, 11) is 0. The molecule has 1 atom stereocenters. The van der Waals surface area contributed by atoms with E-state index in [4.69, 9.17) is 4.74 Å². The molecule has 1 unspecified atom stereocenters. The van der Waals surface area contributed by atoms with Crippen LogP contribution < -0.4 is 0 Å². The molecule has 0 radical (unpaired) electrons. The van der Waals surface area contributed by atoms with E-state index >= 15 is 0 Å². The second kappa shape index (κ2) is 5.24. The number of thioether (sulfide) groups is 1. The summed E-state index contributed by atoms with van der Waals surface area (Å²) in [6, 6.07) is 2.01. The van der Waals surface area contributed by atoms with Gasteiger partial charge in [-0.1, -0.05) is 0 Å². The molecule has 3 nitrogen and oxygen atoms in total. The van der Waals surface area contributed by atoms with Crippen LogP contribution in [0, 0.1) is 0 Å². The van der Waals surface area contributed by atoms with Crippen LogP contribution in [0.25, 0.3) is 0 Å². The summed E-state index contributed by atoms with van der Waals surface area (Å²) < 4.78 is 6.53. The van der Waals surface area contributed by atoms with E-state index in [1.54, 1.807) is 11.8 Å². The molecule has 3 rings (SSSR count). The van der Waals surface area contributed by atoms with Crippen molar-refractivity contribution in [1.82, 2.24) is 9.97 Å². The molecule has 1 saturated carbocycles. The molecule has 17 heavy (non-hydrogen) atoms. The number of hydrogen-bond donors (Lipinski definition) is 0. The lowest BCUT2D eigenvalue weighted by atomic mass is 10.3. The van der Waals surface area contributed by atoms with Gasteiger partial charge in [-0.25, -0.2) is 9.97 Å². The fourth-order valence-corrected chi connectivity index (χ4v) is 3.49. The fraction of sp³-hybridized carbons (Fsp3) is 0.667. The van der Waals surface area contributed by atoms with Gasteiger partial charge in [0.25, 0.3) is 0 Å². The van der Waals surface area contributed by atoms with E-state index in [1.807, 2.05) is 6.07 Å². The molecule has 1 aromatic heterocycles. The molecular formula is C12H15BrN2OS. The van der Waals surface area contributed by atoms with E-state index in [9.17, 15) is 0 Å². The Balaban J connectivity index is 1.64. The predicted molar refractivity (Wildman–Crippen MR) is 71.4 cm³/mol. The minimum Gasteiger partial charge on any atom is -0.377 e. The summed E-state index contributed by atoms with van der Waals surface area (Å²) in [6.07, 6.45) is 5.29. The maximum Gasteiger partial charge on any atom is 0.134 e. The number of aromatic nitrogens is 2. The number of rotatable bonds is 4. The standard InChI is InChI=1S/C12H15BrN2OS/c13-10-6-11(15-12(14-10)8-3-4-8)17-7-9-2-1-5-16-9/h6,8-9H,1-5,7H2. The number of ether oxygens (including phenoxy) is 1. The summed E-state index contributed by atoms with van der Waals surface area (Å²) in [5.41, 5.74) is 0. The van der Waals surface area contributed by atoms with Crippen LogP contribution in [0.2, 0.25) is 0 Å². The Morgan fingerprint density at radius 1 is 1.35 bits per heavy atom. The first-order valence-electron chi connectivity index (χ1n) is 6.10. The maximum absolute atomic E-state index is 5.62. The number of nitrogens with zero attached hydrogens (tertiary/aromatic N) is 2. The minimum atomic E-state index is 0.415. The summed E-state index contributed by atoms with van der Waals surface area (Å²) in [6.45, 7) is 0.923. The molecule has 92 valence electrons. The van der Waals surface area contributed by atoms with Crippen molar-refractivity contribution in [1.29, 1.82) is 0 Å². The van der Waals surface area contributed by atoms with Gasteiger partial charge in [-0.2, -0.15) is 0 Å². The average Bonchev–Trinajstić information content (AvgIpc) is 3.04. The first kappa shape index (κ1) is 11.9. The Bertz CT molecular complexity index is 405. The largest absolute Gasteiger partial charge is 0.377 e. The number of halogens is 1. The third-order valence-electron chi connectivity index (χ3n) is 3.07. The molecule has 0 aromatic carbocycles. The Morgan fingerprint density at radius 2 is 2.24 bits per heavy atom. The summed E-state index contributed by atoms with van der Waals surface area (Å²) >= 11 is 5.25. The van der Waals surface area contributed by atoms with Crippen LogP contribution in [0.1, 0.15) is 37.4 Å². The average molecular weight is 315 g/mol. The van der Waals surface area contributed by atoms with Gasteiger partial charge in [-0.15, -0.1) is 11.8 Å². The minimum absolute atomic E-state index is 0.415. The van der Waals surface area contributed by atoms with Gasteiger partial charge in [-0.05, 0) is 41.6 Å². The molecule has 0 amide bonds. The highest BCUT2D eigenvalue weighted by atomic mass is 79.9. The molecule has 1 aromatic rings. The Labute approximate surface area is 114 Å². The molecule has 2 aliphatic rings. The van der Waals surface area contributed by atoms with Gasteiger partial charge in [0, 0.05) is 24.3 Å². The van der Waals surface area contributed by atoms with Crippen molar-refractivity contribution >= 4 is 27.7 Å². The van der Waals surface area contributed by atoms with Crippen LogP contribution >= 0.6 is 27.7 Å². The second-order valence-electron chi connectivity index (χ2n) is 4.61. The summed E-state index contributed by atoms with van der Waals surface area (Å²) in [4.78, 5) is 9.06. The Hall–Kier alpha value is -0.130. The SMILES string of the molecule is Brc1cc(SCC2CCCO2)nc(C2CC2)n1. The molecule has 1 aliphatic heterocycles. The third-order valence-corrected chi connectivity index (χ3v) is 4.52. The molecule has 1 aliphatic carbocycles. The molecule has 5 heteroatoms. The van der Waals surface area contributed by atoms with Crippen LogP contribution in [0.3, 0.4) is 0 Å². The maximum atomic E-state index is 5.62. The summed E-state index contributed by atoms with van der Waals surface area (Å²) in [5.74, 6) is 2.62. The van der Waals surface area contributed by atoms with Crippen LogP contribution in [0.15, 0.2) is 15.7 Å². The van der Waals surface area contributed by atoms with Crippen molar-refractivity contribution in [3.63, 3.8) is 0 Å². The van der Waals surface area contributed by atoms with Gasteiger partial charge < -0.3 is 4.74 Å². The van der Waals surface area contributed by atoms with E-state index in [0.717, 1.165) is 27.8 Å². The first-order valence-corrected chi connectivity index (χ1v) is 7.88. The molecular weight excluding hydrogens is 300 g/mol. The lowest BCUT2D eigenvalue weighted by molar-refractivity contribution is 0.129. The first-order chi connectivity index (χ1) is 8.31. The van der Waals surface area contributed by atoms with Gasteiger partial charge >= 0.3 is 0 Å². The third kappa shape index (κ3) is 3.20. The van der Waals surface area contributed by atoms with E-state index < -0.39 is 0 Å². The predicted octanol–water partition coefficient (Wildman–Crippen LogP) is 3.39. The molecule has 2 fully saturated rings. The lowest BCUT2D eigenvalue weighted by Gasteiger charge is -2.09. The highest BCUT2D eigenvalue weighted by molar-refractivity contribution is 9.10. The zero-order valence-electron chi connectivity index (χ0n) is 9.56. The molecule has 1 saturated heterocycles. The molecule has 0 spiro atoms. The van der Waals surface area contributed by atoms with Gasteiger partial charge in [0.1, 0.15) is 15.5 Å². The normalized spacial score (nSPS) is 24.2. The highest BCUT2D eigenvalue weighted by Gasteiger charge is 2.27. The smallest absolute Gasteiger partial charge is 0.134 e. The van der Waals surface area contributed by atoms with Gasteiger partial charge in [0.2, 0.25) is 0 Å². The van der Waals surface area contributed by atoms with Crippen molar-refractivity contribution in [2.24, 2.45) is 0 Å². The van der Waals surface area contributed by atoms with Gasteiger partial charge in [0.05, 0.1) is 6.10 Å². The van der Waals surface area contributed by atoms with Crippen molar-refractivity contribution in [2.45, 2.75) is 42.7 Å². The van der Waals surface area contributed by atoms with Crippen LogP contribution in [0.5, 0.6) is 0 Å². The Kier molecular flexibility index (Phi) is 3.68. The zero-order valence-corrected chi connectivity index (χ0v) is 12.0. The van der Waals surface area contributed by atoms with E-state index in [2.05, 4.69) is 25.9 Å².